The van der Waals surface area contributed by atoms with E-state index in [1.807, 2.05) is 0 Å². The van der Waals surface area contributed by atoms with Crippen molar-refractivity contribution in [1.82, 2.24) is 9.29 Å². The molecule has 7 heteroatoms. The van der Waals surface area contributed by atoms with Gasteiger partial charge in [0, 0.05) is 13.1 Å². The van der Waals surface area contributed by atoms with Gasteiger partial charge in [-0.05, 0) is 46.8 Å². The summed E-state index contributed by atoms with van der Waals surface area (Å²) in [6.07, 6.45) is 1.82. The number of nitrogens with one attached hydrogen (secondary N) is 1. The second-order valence-corrected chi connectivity index (χ2v) is 7.02. The number of nitrogens with zero attached hydrogens (tertiary/aromatic N) is 2. The van der Waals surface area contributed by atoms with Crippen molar-refractivity contribution < 1.29 is 8.42 Å². The second kappa shape index (κ2) is 5.54. The lowest BCUT2D eigenvalue weighted by atomic mass is 10.0. The summed E-state index contributed by atoms with van der Waals surface area (Å²) in [6.45, 7) is 3.29. The maximum absolute atomic E-state index is 12.1. The van der Waals surface area contributed by atoms with Crippen LogP contribution in [0.2, 0.25) is 0 Å². The molecule has 1 N–H and O–H groups in total. The summed E-state index contributed by atoms with van der Waals surface area (Å²) in [6, 6.07) is 5.13. The Hall–Kier alpha value is -0.660. The van der Waals surface area contributed by atoms with Gasteiger partial charge in [-0.25, -0.2) is 4.98 Å². The first-order valence-corrected chi connectivity index (χ1v) is 8.11. The van der Waals surface area contributed by atoms with Gasteiger partial charge in [0.05, 0.1) is 0 Å². The lowest BCUT2D eigenvalue weighted by Crippen LogP contribution is -2.41. The van der Waals surface area contributed by atoms with E-state index in [1.165, 1.54) is 4.31 Å². The second-order valence-electron chi connectivity index (χ2n) is 4.53. The molecule has 0 saturated carbocycles. The Morgan fingerprint density at radius 2 is 2.06 bits per heavy atom. The summed E-state index contributed by atoms with van der Waals surface area (Å²) in [7, 11) is -3.48. The Bertz CT molecular complexity index is 513. The predicted octanol–water partition coefficient (Wildman–Crippen LogP) is 2.23. The molecule has 2 rings (SSSR count). The third-order valence-corrected chi connectivity index (χ3v) is 4.98. The molecule has 1 aliphatic heterocycles. The Balaban J connectivity index is 2.08. The minimum atomic E-state index is -3.48. The first kappa shape index (κ1) is 13.8. The number of anilines is 1. The fourth-order valence-corrected chi connectivity index (χ4v) is 3.43. The molecule has 18 heavy (non-hydrogen) atoms. The molecule has 1 fully saturated rings. The molecule has 0 amide bonds. The minimum absolute atomic E-state index is 0.336. The molecular weight excluding hydrogens is 318 g/mol. The van der Waals surface area contributed by atoms with E-state index < -0.39 is 10.2 Å². The van der Waals surface area contributed by atoms with Crippen LogP contribution in [0.5, 0.6) is 0 Å². The average molecular weight is 334 g/mol. The third-order valence-electron chi connectivity index (χ3n) is 3.03. The van der Waals surface area contributed by atoms with Crippen molar-refractivity contribution in [2.24, 2.45) is 5.92 Å². The van der Waals surface area contributed by atoms with Crippen LogP contribution in [0.1, 0.15) is 19.8 Å². The molecule has 1 saturated heterocycles. The van der Waals surface area contributed by atoms with Crippen LogP contribution >= 0.6 is 15.9 Å². The SMILES string of the molecule is CC1CCN(S(=O)(=O)Nc2cccc(Br)n2)CC1. The largest absolute Gasteiger partial charge is 0.302 e. The standard InChI is InChI=1S/C11H16BrN3O2S/c1-9-5-7-15(8-6-9)18(16,17)14-11-4-2-3-10(12)13-11/h2-4,9H,5-8H2,1H3,(H,13,14). The van der Waals surface area contributed by atoms with Gasteiger partial charge >= 0.3 is 10.2 Å². The molecule has 0 spiro atoms. The van der Waals surface area contributed by atoms with Crippen molar-refractivity contribution in [1.29, 1.82) is 0 Å². The van der Waals surface area contributed by atoms with Gasteiger partial charge in [-0.15, -0.1) is 0 Å². The van der Waals surface area contributed by atoms with E-state index in [-0.39, 0.29) is 0 Å². The Morgan fingerprint density at radius 1 is 1.39 bits per heavy atom. The highest BCUT2D eigenvalue weighted by atomic mass is 79.9. The summed E-state index contributed by atoms with van der Waals surface area (Å²) in [4.78, 5) is 4.07. The number of piperidine rings is 1. The van der Waals surface area contributed by atoms with Gasteiger partial charge in [0.15, 0.2) is 0 Å². The van der Waals surface area contributed by atoms with Gasteiger partial charge in [0.25, 0.3) is 0 Å². The van der Waals surface area contributed by atoms with E-state index in [4.69, 9.17) is 0 Å². The maximum atomic E-state index is 12.1. The molecule has 0 radical (unpaired) electrons. The molecule has 1 aromatic heterocycles. The van der Waals surface area contributed by atoms with Crippen LogP contribution < -0.4 is 4.72 Å². The smallest absolute Gasteiger partial charge is 0.254 e. The Labute approximate surface area is 116 Å². The van der Waals surface area contributed by atoms with E-state index in [9.17, 15) is 8.42 Å². The maximum Gasteiger partial charge on any atom is 0.302 e. The van der Waals surface area contributed by atoms with Crippen molar-refractivity contribution in [3.8, 4) is 0 Å². The first-order valence-electron chi connectivity index (χ1n) is 5.88. The van der Waals surface area contributed by atoms with Gasteiger partial charge in [-0.2, -0.15) is 12.7 Å². The highest BCUT2D eigenvalue weighted by molar-refractivity contribution is 9.10. The van der Waals surface area contributed by atoms with Crippen molar-refractivity contribution in [3.63, 3.8) is 0 Å². The highest BCUT2D eigenvalue weighted by Gasteiger charge is 2.26. The number of rotatable bonds is 3. The van der Waals surface area contributed by atoms with Crippen LogP contribution in [0, 0.1) is 5.92 Å². The quantitative estimate of drug-likeness (QED) is 0.863. The van der Waals surface area contributed by atoms with Crippen LogP contribution in [0.4, 0.5) is 5.82 Å². The van der Waals surface area contributed by atoms with Gasteiger partial charge in [-0.3, -0.25) is 4.72 Å². The normalized spacial score (nSPS) is 18.8. The third kappa shape index (κ3) is 3.43. The average Bonchev–Trinajstić information content (AvgIpc) is 2.29. The fourth-order valence-electron chi connectivity index (χ4n) is 1.89. The topological polar surface area (TPSA) is 62.3 Å². The summed E-state index contributed by atoms with van der Waals surface area (Å²) in [5.74, 6) is 0.934. The number of hydrogen-bond acceptors (Lipinski definition) is 3. The van der Waals surface area contributed by atoms with Crippen LogP contribution in [0.15, 0.2) is 22.8 Å². The molecule has 1 aliphatic rings. The molecular formula is C11H16BrN3O2S. The molecule has 1 aromatic rings. The van der Waals surface area contributed by atoms with Gasteiger partial charge < -0.3 is 0 Å². The van der Waals surface area contributed by atoms with Crippen LogP contribution in [-0.4, -0.2) is 30.8 Å². The van der Waals surface area contributed by atoms with E-state index in [1.54, 1.807) is 18.2 Å². The lowest BCUT2D eigenvalue weighted by molar-refractivity contribution is 0.289. The zero-order chi connectivity index (χ0) is 13.2. The summed E-state index contributed by atoms with van der Waals surface area (Å²) in [5.41, 5.74) is 0. The highest BCUT2D eigenvalue weighted by Crippen LogP contribution is 2.20. The molecule has 2 heterocycles. The van der Waals surface area contributed by atoms with Crippen molar-refractivity contribution >= 4 is 32.0 Å². The molecule has 0 bridgehead atoms. The molecule has 100 valence electrons. The summed E-state index contributed by atoms with van der Waals surface area (Å²) in [5, 5.41) is 0. The molecule has 0 unspecified atom stereocenters. The zero-order valence-corrected chi connectivity index (χ0v) is 12.5. The molecule has 5 nitrogen and oxygen atoms in total. The lowest BCUT2D eigenvalue weighted by Gasteiger charge is -2.29. The fraction of sp³-hybridized carbons (Fsp3) is 0.545. The number of hydrogen-bond donors (Lipinski definition) is 1. The van der Waals surface area contributed by atoms with Gasteiger partial charge in [0.2, 0.25) is 0 Å². The minimum Gasteiger partial charge on any atom is -0.254 e. The number of halogens is 1. The molecule has 0 aromatic carbocycles. The van der Waals surface area contributed by atoms with Gasteiger partial charge in [-0.1, -0.05) is 13.0 Å². The molecule has 0 atom stereocenters. The van der Waals surface area contributed by atoms with Crippen molar-refractivity contribution in [2.45, 2.75) is 19.8 Å². The van der Waals surface area contributed by atoms with Crippen molar-refractivity contribution in [2.75, 3.05) is 17.8 Å². The number of pyridine rings is 1. The Kier molecular flexibility index (Phi) is 4.24. The molecule has 0 aliphatic carbocycles. The predicted molar refractivity (Wildman–Crippen MR) is 74.5 cm³/mol. The first-order chi connectivity index (χ1) is 8.47. The van der Waals surface area contributed by atoms with Crippen LogP contribution in [0.3, 0.4) is 0 Å². The van der Waals surface area contributed by atoms with E-state index >= 15 is 0 Å². The van der Waals surface area contributed by atoms with Crippen LogP contribution in [0.25, 0.3) is 0 Å². The summed E-state index contributed by atoms with van der Waals surface area (Å²) >= 11 is 3.21. The summed E-state index contributed by atoms with van der Waals surface area (Å²) < 4.78 is 28.9. The number of aromatic nitrogens is 1. The monoisotopic (exact) mass is 333 g/mol. The van der Waals surface area contributed by atoms with E-state index in [0.717, 1.165) is 12.8 Å². The van der Waals surface area contributed by atoms with Crippen LogP contribution in [-0.2, 0) is 10.2 Å². The Morgan fingerprint density at radius 3 is 2.67 bits per heavy atom. The van der Waals surface area contributed by atoms with E-state index in [2.05, 4.69) is 32.6 Å². The van der Waals surface area contributed by atoms with Crippen molar-refractivity contribution in [3.05, 3.63) is 22.8 Å². The van der Waals surface area contributed by atoms with Gasteiger partial charge in [0.1, 0.15) is 10.4 Å². The van der Waals surface area contributed by atoms with E-state index in [0.29, 0.717) is 29.4 Å². The zero-order valence-electron chi connectivity index (χ0n) is 10.1.